The number of amides is 1. The molecule has 0 aromatic carbocycles. The van der Waals surface area contributed by atoms with Crippen LogP contribution in [0.25, 0.3) is 0 Å². The van der Waals surface area contributed by atoms with Gasteiger partial charge in [-0.2, -0.15) is 5.10 Å². The highest BCUT2D eigenvalue weighted by Crippen LogP contribution is 2.12. The molecule has 6 nitrogen and oxygen atoms in total. The molecule has 0 radical (unpaired) electrons. The largest absolute Gasteiger partial charge is 0.319 e. The Hall–Kier alpha value is -2.21. The third-order valence-electron chi connectivity index (χ3n) is 2.81. The highest BCUT2D eigenvalue weighted by molar-refractivity contribution is 5.90. The van der Waals surface area contributed by atoms with Gasteiger partial charge >= 0.3 is 0 Å². The number of hydrogen-bond acceptors (Lipinski definition) is 4. The fourth-order valence-electron chi connectivity index (χ4n) is 1.86. The van der Waals surface area contributed by atoms with E-state index in [1.807, 2.05) is 38.2 Å². The van der Waals surface area contributed by atoms with E-state index in [9.17, 15) is 4.79 Å². The van der Waals surface area contributed by atoms with E-state index in [1.165, 1.54) is 0 Å². The molecule has 20 heavy (non-hydrogen) atoms. The van der Waals surface area contributed by atoms with Crippen LogP contribution in [0.1, 0.15) is 17.8 Å². The quantitative estimate of drug-likeness (QED) is 0.829. The van der Waals surface area contributed by atoms with Gasteiger partial charge in [-0.05, 0) is 26.1 Å². The first-order valence-electron chi connectivity index (χ1n) is 6.58. The van der Waals surface area contributed by atoms with Gasteiger partial charge in [-0.1, -0.05) is 6.07 Å². The lowest BCUT2D eigenvalue weighted by molar-refractivity contribution is -0.116. The molecule has 0 bridgehead atoms. The number of anilines is 1. The first-order chi connectivity index (χ1) is 9.69. The summed E-state index contributed by atoms with van der Waals surface area (Å²) < 4.78 is 1.76. The maximum absolute atomic E-state index is 11.8. The van der Waals surface area contributed by atoms with Gasteiger partial charge in [0, 0.05) is 25.2 Å². The van der Waals surface area contributed by atoms with Crippen LogP contribution >= 0.6 is 0 Å². The topological polar surface area (TPSA) is 71.8 Å². The number of nitrogens with zero attached hydrogens (tertiary/aromatic N) is 3. The molecule has 0 aliphatic carbocycles. The van der Waals surface area contributed by atoms with Crippen LogP contribution in [-0.2, 0) is 11.3 Å². The van der Waals surface area contributed by atoms with Crippen molar-refractivity contribution in [2.45, 2.75) is 19.9 Å². The zero-order valence-electron chi connectivity index (χ0n) is 11.8. The number of nitrogens with one attached hydrogen (secondary N) is 2. The predicted molar refractivity (Wildman–Crippen MR) is 77.5 cm³/mol. The van der Waals surface area contributed by atoms with Gasteiger partial charge in [0.25, 0.3) is 0 Å². The van der Waals surface area contributed by atoms with Crippen molar-refractivity contribution in [2.24, 2.45) is 0 Å². The number of aryl methyl sites for hydroxylation is 1. The van der Waals surface area contributed by atoms with Crippen LogP contribution in [0, 0.1) is 6.92 Å². The van der Waals surface area contributed by atoms with Gasteiger partial charge in [-0.3, -0.25) is 9.78 Å². The minimum absolute atomic E-state index is 0.0264. The Bertz CT molecular complexity index is 564. The van der Waals surface area contributed by atoms with E-state index in [-0.39, 0.29) is 5.91 Å². The molecule has 6 heteroatoms. The van der Waals surface area contributed by atoms with Crippen molar-refractivity contribution in [1.82, 2.24) is 20.1 Å². The van der Waals surface area contributed by atoms with E-state index in [2.05, 4.69) is 20.7 Å². The molecule has 106 valence electrons. The van der Waals surface area contributed by atoms with E-state index in [0.717, 1.165) is 11.4 Å². The normalized spacial score (nSPS) is 10.5. The van der Waals surface area contributed by atoms with Gasteiger partial charge in [0.2, 0.25) is 5.91 Å². The molecule has 2 rings (SSSR count). The maximum atomic E-state index is 11.8. The second-order valence-electron chi connectivity index (χ2n) is 4.55. The third-order valence-corrected chi connectivity index (χ3v) is 2.81. The van der Waals surface area contributed by atoms with Crippen LogP contribution in [0.15, 0.2) is 30.5 Å². The predicted octanol–water partition coefficient (Wildman–Crippen LogP) is 1.18. The summed E-state index contributed by atoms with van der Waals surface area (Å²) >= 11 is 0. The molecule has 0 unspecified atom stereocenters. The Labute approximate surface area is 118 Å². The Morgan fingerprint density at radius 3 is 2.95 bits per heavy atom. The van der Waals surface area contributed by atoms with Crippen molar-refractivity contribution in [1.29, 1.82) is 0 Å². The van der Waals surface area contributed by atoms with Crippen molar-refractivity contribution in [2.75, 3.05) is 18.9 Å². The van der Waals surface area contributed by atoms with E-state index in [0.29, 0.717) is 25.3 Å². The summed E-state index contributed by atoms with van der Waals surface area (Å²) in [5.41, 5.74) is 1.77. The molecule has 2 aromatic rings. The number of aromatic nitrogens is 3. The SMILES string of the molecule is CNCCC(=O)Nc1cc(C)nn1Cc1ccccn1. The monoisotopic (exact) mass is 273 g/mol. The van der Waals surface area contributed by atoms with Gasteiger partial charge in [-0.15, -0.1) is 0 Å². The molecule has 0 atom stereocenters. The van der Waals surface area contributed by atoms with Crippen LogP contribution in [0.5, 0.6) is 0 Å². The lowest BCUT2D eigenvalue weighted by Crippen LogP contribution is -2.20. The van der Waals surface area contributed by atoms with E-state index < -0.39 is 0 Å². The molecular formula is C14H19N5O. The molecule has 0 aliphatic rings. The molecule has 0 fully saturated rings. The molecule has 0 saturated carbocycles. The minimum Gasteiger partial charge on any atom is -0.319 e. The molecule has 0 saturated heterocycles. The smallest absolute Gasteiger partial charge is 0.226 e. The maximum Gasteiger partial charge on any atom is 0.226 e. The number of rotatable bonds is 6. The Morgan fingerprint density at radius 2 is 2.25 bits per heavy atom. The molecule has 2 heterocycles. The molecule has 0 aliphatic heterocycles. The average Bonchev–Trinajstić information content (AvgIpc) is 2.77. The molecular weight excluding hydrogens is 254 g/mol. The molecule has 2 N–H and O–H groups in total. The van der Waals surface area contributed by atoms with Gasteiger partial charge in [-0.25, -0.2) is 4.68 Å². The number of carbonyl (C=O) groups excluding carboxylic acids is 1. The van der Waals surface area contributed by atoms with Crippen molar-refractivity contribution in [3.8, 4) is 0 Å². The average molecular weight is 273 g/mol. The van der Waals surface area contributed by atoms with Gasteiger partial charge < -0.3 is 10.6 Å². The summed E-state index contributed by atoms with van der Waals surface area (Å²) in [5, 5.41) is 10.2. The Kier molecular flexibility index (Phi) is 4.84. The minimum atomic E-state index is -0.0264. The Balaban J connectivity index is 2.08. The van der Waals surface area contributed by atoms with Gasteiger partial charge in [0.05, 0.1) is 17.9 Å². The van der Waals surface area contributed by atoms with E-state index in [1.54, 1.807) is 10.9 Å². The highest BCUT2D eigenvalue weighted by Gasteiger charge is 2.09. The van der Waals surface area contributed by atoms with Crippen molar-refractivity contribution in [3.05, 3.63) is 41.9 Å². The summed E-state index contributed by atoms with van der Waals surface area (Å²) in [7, 11) is 1.82. The number of pyridine rings is 1. The van der Waals surface area contributed by atoms with E-state index in [4.69, 9.17) is 0 Å². The van der Waals surface area contributed by atoms with Crippen LogP contribution in [-0.4, -0.2) is 34.3 Å². The fraction of sp³-hybridized carbons (Fsp3) is 0.357. The summed E-state index contributed by atoms with van der Waals surface area (Å²) in [6.07, 6.45) is 2.18. The first kappa shape index (κ1) is 14.2. The summed E-state index contributed by atoms with van der Waals surface area (Å²) in [5.74, 6) is 0.677. The van der Waals surface area contributed by atoms with Crippen LogP contribution in [0.2, 0.25) is 0 Å². The van der Waals surface area contributed by atoms with Gasteiger partial charge in [0.1, 0.15) is 5.82 Å². The second kappa shape index (κ2) is 6.81. The zero-order valence-corrected chi connectivity index (χ0v) is 11.8. The highest BCUT2D eigenvalue weighted by atomic mass is 16.1. The summed E-state index contributed by atoms with van der Waals surface area (Å²) in [6.45, 7) is 3.09. The van der Waals surface area contributed by atoms with Crippen molar-refractivity contribution >= 4 is 11.7 Å². The lowest BCUT2D eigenvalue weighted by Gasteiger charge is -2.08. The van der Waals surface area contributed by atoms with Crippen molar-refractivity contribution < 1.29 is 4.79 Å². The van der Waals surface area contributed by atoms with Crippen LogP contribution in [0.4, 0.5) is 5.82 Å². The van der Waals surface area contributed by atoms with Crippen molar-refractivity contribution in [3.63, 3.8) is 0 Å². The molecule has 0 spiro atoms. The number of hydrogen-bond donors (Lipinski definition) is 2. The second-order valence-corrected chi connectivity index (χ2v) is 4.55. The fourth-order valence-corrected chi connectivity index (χ4v) is 1.86. The zero-order chi connectivity index (χ0) is 14.4. The lowest BCUT2D eigenvalue weighted by atomic mass is 10.3. The standard InChI is InChI=1S/C14H19N5O/c1-11-9-13(17-14(20)6-8-15-2)19(18-11)10-12-5-3-4-7-16-12/h3-5,7,9,15H,6,8,10H2,1-2H3,(H,17,20). The van der Waals surface area contributed by atoms with Gasteiger partial charge in [0.15, 0.2) is 0 Å². The Morgan fingerprint density at radius 1 is 1.40 bits per heavy atom. The van der Waals surface area contributed by atoms with Crippen LogP contribution in [0.3, 0.4) is 0 Å². The molecule has 2 aromatic heterocycles. The van der Waals surface area contributed by atoms with Crippen LogP contribution < -0.4 is 10.6 Å². The number of carbonyl (C=O) groups is 1. The van der Waals surface area contributed by atoms with E-state index >= 15 is 0 Å². The first-order valence-corrected chi connectivity index (χ1v) is 6.58. The summed E-state index contributed by atoms with van der Waals surface area (Å²) in [6, 6.07) is 7.60. The third kappa shape index (κ3) is 3.89. The molecule has 1 amide bonds. The summed E-state index contributed by atoms with van der Waals surface area (Å²) in [4.78, 5) is 16.0.